The molecule has 3 amide bonds. The average molecular weight is 540 g/mol. The van der Waals surface area contributed by atoms with E-state index in [4.69, 9.17) is 4.74 Å². The quantitative estimate of drug-likeness (QED) is 0.295. The number of amides is 3. The molecule has 8 heteroatoms. The second-order valence-corrected chi connectivity index (χ2v) is 10.9. The third kappa shape index (κ3) is 10.6. The Morgan fingerprint density at radius 2 is 1.67 bits per heavy atom. The molecule has 0 aliphatic heterocycles. The molecular weight excluding hydrogens is 494 g/mol. The van der Waals surface area contributed by atoms with E-state index in [-0.39, 0.29) is 24.0 Å². The number of carbonyl (C=O) groups is 3. The minimum absolute atomic E-state index is 0.106. The fraction of sp³-hybridized carbons (Fsp3) is 0.516. The number of nitrogens with one attached hydrogen (secondary N) is 2. The van der Waals surface area contributed by atoms with Gasteiger partial charge in [0.1, 0.15) is 23.4 Å². The van der Waals surface area contributed by atoms with Crippen LogP contribution in [0.3, 0.4) is 0 Å². The van der Waals surface area contributed by atoms with Crippen LogP contribution >= 0.6 is 0 Å². The zero-order chi connectivity index (χ0) is 29.0. The van der Waals surface area contributed by atoms with Crippen molar-refractivity contribution in [3.05, 3.63) is 65.2 Å². The highest BCUT2D eigenvalue weighted by molar-refractivity contribution is 5.92. The number of hydrogen-bond donors (Lipinski definition) is 3. The summed E-state index contributed by atoms with van der Waals surface area (Å²) in [6.45, 7) is 12.2. The van der Waals surface area contributed by atoms with Crippen LogP contribution < -0.4 is 10.6 Å². The van der Waals surface area contributed by atoms with E-state index in [0.717, 1.165) is 30.4 Å². The fourth-order valence-corrected chi connectivity index (χ4v) is 4.21. The second kappa shape index (κ2) is 15.1. The summed E-state index contributed by atoms with van der Waals surface area (Å²) < 4.78 is 5.47. The molecular formula is C31H45N3O5. The van der Waals surface area contributed by atoms with E-state index in [9.17, 15) is 19.5 Å². The third-order valence-corrected chi connectivity index (χ3v) is 6.15. The molecule has 0 aliphatic carbocycles. The van der Waals surface area contributed by atoms with Gasteiger partial charge in [-0.05, 0) is 63.8 Å². The Balaban J connectivity index is 2.52. The molecule has 0 spiro atoms. The number of unbranched alkanes of at least 4 members (excludes halogenated alkanes) is 2. The van der Waals surface area contributed by atoms with Gasteiger partial charge >= 0.3 is 6.09 Å². The van der Waals surface area contributed by atoms with Gasteiger partial charge in [0.25, 0.3) is 0 Å². The number of rotatable bonds is 13. The first-order valence-corrected chi connectivity index (χ1v) is 13.9. The van der Waals surface area contributed by atoms with Crippen molar-refractivity contribution in [3.8, 4) is 5.75 Å². The van der Waals surface area contributed by atoms with Gasteiger partial charge in [0.2, 0.25) is 11.8 Å². The normalized spacial score (nSPS) is 12.8. The van der Waals surface area contributed by atoms with Gasteiger partial charge in [0, 0.05) is 19.5 Å². The highest BCUT2D eigenvalue weighted by Gasteiger charge is 2.36. The monoisotopic (exact) mass is 539 g/mol. The van der Waals surface area contributed by atoms with Crippen LogP contribution in [0.25, 0.3) is 0 Å². The number of nitrogens with zero attached hydrogens (tertiary/aromatic N) is 1. The van der Waals surface area contributed by atoms with Gasteiger partial charge < -0.3 is 25.4 Å². The number of alkyl carbamates (subject to hydrolysis) is 1. The van der Waals surface area contributed by atoms with Crippen LogP contribution in [0.5, 0.6) is 5.75 Å². The van der Waals surface area contributed by atoms with Crippen molar-refractivity contribution in [2.24, 2.45) is 0 Å². The standard InChI is InChI=1S/C31H45N3O5/c1-7-9-18-32-28(36)27(24-13-11-12-22(3)20-24)34(19-10-8-2)29(37)26(33-30(38)39-31(4,5)6)21-23-14-16-25(35)17-15-23/h11-17,20,26-27,35H,7-10,18-19,21H2,1-6H3,(H,32,36)(H,33,38). The summed E-state index contributed by atoms with van der Waals surface area (Å²) in [6, 6.07) is 12.3. The van der Waals surface area contributed by atoms with E-state index in [0.29, 0.717) is 25.1 Å². The predicted octanol–water partition coefficient (Wildman–Crippen LogP) is 5.42. The Labute approximate surface area is 233 Å². The number of aromatic hydroxyl groups is 1. The molecule has 8 nitrogen and oxygen atoms in total. The number of phenols is 1. The van der Waals surface area contributed by atoms with Gasteiger partial charge in [-0.15, -0.1) is 0 Å². The molecule has 2 aromatic rings. The van der Waals surface area contributed by atoms with Crippen molar-refractivity contribution < 1.29 is 24.2 Å². The van der Waals surface area contributed by atoms with Crippen molar-refractivity contribution in [2.45, 2.75) is 91.3 Å². The molecule has 0 fully saturated rings. The molecule has 3 N–H and O–H groups in total. The largest absolute Gasteiger partial charge is 0.508 e. The van der Waals surface area contributed by atoms with Crippen LogP contribution in [0.15, 0.2) is 48.5 Å². The topological polar surface area (TPSA) is 108 Å². The summed E-state index contributed by atoms with van der Waals surface area (Å²) in [5.41, 5.74) is 1.70. The van der Waals surface area contributed by atoms with Crippen LogP contribution in [-0.4, -0.2) is 52.6 Å². The molecule has 0 saturated heterocycles. The number of ether oxygens (including phenoxy) is 1. The molecule has 2 atom stereocenters. The maximum atomic E-state index is 14.3. The summed E-state index contributed by atoms with van der Waals surface area (Å²) in [5.74, 6) is -0.520. The first kappa shape index (κ1) is 31.7. The highest BCUT2D eigenvalue weighted by Crippen LogP contribution is 2.25. The number of benzene rings is 2. The van der Waals surface area contributed by atoms with E-state index >= 15 is 0 Å². The molecule has 0 heterocycles. The predicted molar refractivity (Wildman–Crippen MR) is 153 cm³/mol. The molecule has 0 aliphatic rings. The maximum Gasteiger partial charge on any atom is 0.408 e. The zero-order valence-electron chi connectivity index (χ0n) is 24.3. The number of aryl methyl sites for hydroxylation is 1. The maximum absolute atomic E-state index is 14.3. The van der Waals surface area contributed by atoms with E-state index in [1.165, 1.54) is 12.1 Å². The van der Waals surface area contributed by atoms with Crippen LogP contribution in [0.4, 0.5) is 4.79 Å². The summed E-state index contributed by atoms with van der Waals surface area (Å²) in [7, 11) is 0. The van der Waals surface area contributed by atoms with E-state index < -0.39 is 23.8 Å². The lowest BCUT2D eigenvalue weighted by atomic mass is 9.98. The van der Waals surface area contributed by atoms with E-state index in [1.54, 1.807) is 37.8 Å². The van der Waals surface area contributed by atoms with Crippen molar-refractivity contribution in [1.82, 2.24) is 15.5 Å². The number of hydrogen-bond acceptors (Lipinski definition) is 5. The van der Waals surface area contributed by atoms with E-state index in [1.807, 2.05) is 38.1 Å². The Hall–Kier alpha value is -3.55. The van der Waals surface area contributed by atoms with Gasteiger partial charge in [-0.1, -0.05) is 68.7 Å². The lowest BCUT2D eigenvalue weighted by molar-refractivity contribution is -0.142. The van der Waals surface area contributed by atoms with Crippen LogP contribution in [-0.2, 0) is 20.7 Å². The van der Waals surface area contributed by atoms with Crippen LogP contribution in [0, 0.1) is 6.92 Å². The molecule has 2 rings (SSSR count). The number of carbonyl (C=O) groups excluding carboxylic acids is 3. The fourth-order valence-electron chi connectivity index (χ4n) is 4.21. The third-order valence-electron chi connectivity index (χ3n) is 6.15. The van der Waals surface area contributed by atoms with Gasteiger partial charge in [-0.3, -0.25) is 9.59 Å². The van der Waals surface area contributed by atoms with Gasteiger partial charge in [-0.25, -0.2) is 4.79 Å². The smallest absolute Gasteiger partial charge is 0.408 e. The molecule has 2 unspecified atom stereocenters. The molecule has 2 aromatic carbocycles. The number of phenolic OH excluding ortho intramolecular Hbond substituents is 1. The Kier molecular flexibility index (Phi) is 12.3. The molecule has 214 valence electrons. The molecule has 0 radical (unpaired) electrons. The van der Waals surface area contributed by atoms with Gasteiger partial charge in [-0.2, -0.15) is 0 Å². The molecule has 0 bridgehead atoms. The first-order chi connectivity index (χ1) is 18.4. The van der Waals surface area contributed by atoms with Crippen LogP contribution in [0.2, 0.25) is 0 Å². The van der Waals surface area contributed by atoms with Crippen LogP contribution in [0.1, 0.15) is 83.0 Å². The second-order valence-electron chi connectivity index (χ2n) is 10.9. The molecule has 0 aromatic heterocycles. The first-order valence-electron chi connectivity index (χ1n) is 13.9. The van der Waals surface area contributed by atoms with Gasteiger partial charge in [0.05, 0.1) is 0 Å². The Bertz CT molecular complexity index is 1080. The van der Waals surface area contributed by atoms with Crippen molar-refractivity contribution in [3.63, 3.8) is 0 Å². The average Bonchev–Trinajstić information content (AvgIpc) is 2.86. The summed E-state index contributed by atoms with van der Waals surface area (Å²) in [4.78, 5) is 42.3. The van der Waals surface area contributed by atoms with Crippen molar-refractivity contribution >= 4 is 17.9 Å². The molecule has 39 heavy (non-hydrogen) atoms. The van der Waals surface area contributed by atoms with E-state index in [2.05, 4.69) is 17.6 Å². The Morgan fingerprint density at radius 3 is 2.26 bits per heavy atom. The van der Waals surface area contributed by atoms with Gasteiger partial charge in [0.15, 0.2) is 0 Å². The van der Waals surface area contributed by atoms with Crippen molar-refractivity contribution in [2.75, 3.05) is 13.1 Å². The minimum atomic E-state index is -0.989. The lowest BCUT2D eigenvalue weighted by Gasteiger charge is -2.34. The SMILES string of the molecule is CCCCNC(=O)C(c1cccc(C)c1)N(CCCC)C(=O)C(Cc1ccc(O)cc1)NC(=O)OC(C)(C)C. The highest BCUT2D eigenvalue weighted by atomic mass is 16.6. The summed E-state index contributed by atoms with van der Waals surface area (Å²) >= 11 is 0. The minimum Gasteiger partial charge on any atom is -0.508 e. The Morgan fingerprint density at radius 1 is 1.00 bits per heavy atom. The zero-order valence-corrected chi connectivity index (χ0v) is 24.3. The lowest BCUT2D eigenvalue weighted by Crippen LogP contribution is -2.54. The summed E-state index contributed by atoms with van der Waals surface area (Å²) in [6.07, 6.45) is 2.73. The summed E-state index contributed by atoms with van der Waals surface area (Å²) in [5, 5.41) is 15.5. The van der Waals surface area contributed by atoms with Crippen molar-refractivity contribution in [1.29, 1.82) is 0 Å². The molecule has 0 saturated carbocycles.